The smallest absolute Gasteiger partial charge is 0.253 e. The molecule has 2 N–H and O–H groups in total. The summed E-state index contributed by atoms with van der Waals surface area (Å²) in [6, 6.07) is 12.6. The monoisotopic (exact) mass is 566 g/mol. The number of carbonyl (C=O) groups excluding carboxylic acids is 1. The molecule has 2 atom stereocenters. The number of nitrogens with zero attached hydrogens (tertiary/aromatic N) is 1. The molecule has 41 heavy (non-hydrogen) atoms. The van der Waals surface area contributed by atoms with Crippen molar-refractivity contribution in [3.8, 4) is 11.5 Å². The van der Waals surface area contributed by atoms with Crippen LogP contribution in [0.25, 0.3) is 6.08 Å². The Hall–Kier alpha value is -3.41. The fourth-order valence-corrected chi connectivity index (χ4v) is 4.21. The maximum Gasteiger partial charge on any atom is 0.253 e. The lowest BCUT2D eigenvalue weighted by Crippen LogP contribution is -2.40. The van der Waals surface area contributed by atoms with Crippen molar-refractivity contribution < 1.29 is 19.0 Å². The summed E-state index contributed by atoms with van der Waals surface area (Å²) in [4.78, 5) is 17.6. The van der Waals surface area contributed by atoms with Crippen LogP contribution in [0.1, 0.15) is 104 Å². The Kier molecular flexibility index (Phi) is 14.6. The highest BCUT2D eigenvalue weighted by molar-refractivity contribution is 6.15. The first-order valence-electron chi connectivity index (χ1n) is 14.6. The van der Waals surface area contributed by atoms with Crippen LogP contribution >= 0.6 is 0 Å². The quantitative estimate of drug-likeness (QED) is 0.282. The number of hydrogen-bond acceptors (Lipinski definition) is 4. The van der Waals surface area contributed by atoms with Crippen LogP contribution in [0.15, 0.2) is 65.7 Å². The minimum Gasteiger partial charge on any atom is -0.508 e. The number of halogens is 1. The molecule has 1 aliphatic rings. The van der Waals surface area contributed by atoms with E-state index in [1.165, 1.54) is 19.4 Å². The third-order valence-electron chi connectivity index (χ3n) is 6.55. The van der Waals surface area contributed by atoms with Crippen LogP contribution in [0, 0.1) is 12.8 Å². The van der Waals surface area contributed by atoms with Crippen molar-refractivity contribution in [3.63, 3.8) is 0 Å². The van der Waals surface area contributed by atoms with Gasteiger partial charge in [0.25, 0.3) is 5.91 Å². The van der Waals surface area contributed by atoms with Gasteiger partial charge in [0.15, 0.2) is 0 Å². The van der Waals surface area contributed by atoms with E-state index in [1.807, 2.05) is 58.0 Å². The number of carbonyl (C=O) groups is 1. The number of benzene rings is 2. The van der Waals surface area contributed by atoms with Gasteiger partial charge in [0, 0.05) is 19.4 Å². The van der Waals surface area contributed by atoms with Crippen LogP contribution in [0.3, 0.4) is 0 Å². The van der Waals surface area contributed by atoms with Crippen LogP contribution < -0.4 is 10.1 Å². The molecule has 6 heteroatoms. The summed E-state index contributed by atoms with van der Waals surface area (Å²) in [5.74, 6) is 0.102. The summed E-state index contributed by atoms with van der Waals surface area (Å²) in [6.07, 6.45) is 8.38. The molecule has 2 aromatic rings. The van der Waals surface area contributed by atoms with E-state index in [1.54, 1.807) is 24.3 Å². The number of hydrogen-bond donors (Lipinski definition) is 2. The summed E-state index contributed by atoms with van der Waals surface area (Å²) >= 11 is 0. The average molecular weight is 567 g/mol. The minimum atomic E-state index is -1.76. The molecule has 226 valence electrons. The molecule has 0 aliphatic carbocycles. The zero-order chi connectivity index (χ0) is 31.2. The second-order valence-corrected chi connectivity index (χ2v) is 11.4. The van der Waals surface area contributed by atoms with Gasteiger partial charge in [0.1, 0.15) is 22.9 Å². The van der Waals surface area contributed by atoms with Gasteiger partial charge in [0.2, 0.25) is 5.85 Å². The Balaban J connectivity index is 0.000000461. The van der Waals surface area contributed by atoms with E-state index >= 15 is 0 Å². The van der Waals surface area contributed by atoms with Crippen LogP contribution in [0.5, 0.6) is 11.5 Å². The number of amidine groups is 1. The van der Waals surface area contributed by atoms with E-state index in [4.69, 9.17) is 9.73 Å². The number of phenolic OH excluding ortho intramolecular Hbond substituents is 1. The maximum atomic E-state index is 13.8. The summed E-state index contributed by atoms with van der Waals surface area (Å²) in [7, 11) is 0. The first-order valence-corrected chi connectivity index (χ1v) is 14.6. The van der Waals surface area contributed by atoms with E-state index in [2.05, 4.69) is 32.7 Å². The van der Waals surface area contributed by atoms with Gasteiger partial charge in [-0.05, 0) is 82.2 Å². The van der Waals surface area contributed by atoms with Crippen molar-refractivity contribution in [2.75, 3.05) is 0 Å². The number of alkyl halides is 1. The van der Waals surface area contributed by atoms with Gasteiger partial charge in [-0.3, -0.25) is 9.79 Å². The predicted octanol–water partition coefficient (Wildman–Crippen LogP) is 9.33. The Labute approximate surface area is 247 Å². The Morgan fingerprint density at radius 1 is 1.20 bits per heavy atom. The lowest BCUT2D eigenvalue weighted by Gasteiger charge is -2.24. The molecular weight excluding hydrogens is 515 g/mol. The fourth-order valence-electron chi connectivity index (χ4n) is 4.21. The molecule has 2 unspecified atom stereocenters. The summed E-state index contributed by atoms with van der Waals surface area (Å²) < 4.78 is 19.0. The fraction of sp³-hybridized carbons (Fsp3) is 0.486. The molecule has 0 saturated heterocycles. The molecule has 0 bridgehead atoms. The summed E-state index contributed by atoms with van der Waals surface area (Å²) in [6.45, 7) is 20.5. The van der Waals surface area contributed by atoms with E-state index in [9.17, 15) is 14.3 Å². The van der Waals surface area contributed by atoms with Crippen molar-refractivity contribution in [2.45, 2.75) is 106 Å². The lowest BCUT2D eigenvalue weighted by atomic mass is 9.85. The van der Waals surface area contributed by atoms with Crippen LogP contribution in [-0.4, -0.2) is 28.2 Å². The molecule has 1 heterocycles. The molecule has 0 fully saturated rings. The molecular formula is C35H51FN2O3. The number of rotatable bonds is 10. The second-order valence-electron chi connectivity index (χ2n) is 11.4. The summed E-state index contributed by atoms with van der Waals surface area (Å²) in [5, 5.41) is 12.2. The largest absolute Gasteiger partial charge is 0.508 e. The first kappa shape index (κ1) is 35.6. The maximum absolute atomic E-state index is 13.8. The highest BCUT2D eigenvalue weighted by Gasteiger charge is 2.42. The zero-order valence-corrected chi connectivity index (χ0v) is 26.6. The lowest BCUT2D eigenvalue weighted by molar-refractivity contribution is -0.124. The van der Waals surface area contributed by atoms with Crippen molar-refractivity contribution in [1.82, 2.24) is 5.32 Å². The van der Waals surface area contributed by atoms with Crippen LogP contribution in [0.4, 0.5) is 4.39 Å². The van der Waals surface area contributed by atoms with Crippen molar-refractivity contribution in [2.24, 2.45) is 10.9 Å². The SMILES string of the molecule is C/C=C/c1cccc(O)c1C.C=C(C)C.CCCC1(CCC(C)CC)N=C(c2cccc(OC(C)(C)F)c2)NC1=O. The molecule has 5 nitrogen and oxygen atoms in total. The third kappa shape index (κ3) is 12.3. The normalized spacial score (nSPS) is 17.0. The van der Waals surface area contributed by atoms with E-state index in [0.29, 0.717) is 23.3 Å². The number of allylic oxidation sites excluding steroid dienone is 2. The van der Waals surface area contributed by atoms with Crippen LogP contribution in [-0.2, 0) is 4.79 Å². The number of phenols is 1. The number of aromatic hydroxyl groups is 1. The molecule has 0 saturated carbocycles. The molecule has 0 spiro atoms. The zero-order valence-electron chi connectivity index (χ0n) is 26.6. The molecule has 1 aliphatic heterocycles. The molecule has 0 aromatic heterocycles. The third-order valence-corrected chi connectivity index (χ3v) is 6.55. The van der Waals surface area contributed by atoms with Crippen molar-refractivity contribution in [3.05, 3.63) is 77.4 Å². The highest BCUT2D eigenvalue weighted by Crippen LogP contribution is 2.32. The Morgan fingerprint density at radius 2 is 1.83 bits per heavy atom. The van der Waals surface area contributed by atoms with E-state index in [0.717, 1.165) is 48.8 Å². The van der Waals surface area contributed by atoms with Gasteiger partial charge in [0.05, 0.1) is 0 Å². The Morgan fingerprint density at radius 3 is 2.39 bits per heavy atom. The number of aliphatic imine (C=N–C) groups is 1. The predicted molar refractivity (Wildman–Crippen MR) is 171 cm³/mol. The number of ether oxygens (including phenoxy) is 1. The topological polar surface area (TPSA) is 70.9 Å². The van der Waals surface area contributed by atoms with Gasteiger partial charge in [-0.25, -0.2) is 0 Å². The second kappa shape index (κ2) is 16.8. The van der Waals surface area contributed by atoms with Crippen molar-refractivity contribution in [1.29, 1.82) is 0 Å². The summed E-state index contributed by atoms with van der Waals surface area (Å²) in [5.41, 5.74) is 3.23. The van der Waals surface area contributed by atoms with Gasteiger partial charge in [-0.2, -0.15) is 4.39 Å². The number of nitrogens with one attached hydrogen (secondary N) is 1. The van der Waals surface area contributed by atoms with E-state index in [-0.39, 0.29) is 5.91 Å². The molecule has 3 rings (SSSR count). The van der Waals surface area contributed by atoms with Gasteiger partial charge in [-0.1, -0.05) is 75.6 Å². The van der Waals surface area contributed by atoms with Gasteiger partial charge >= 0.3 is 0 Å². The first-order chi connectivity index (χ1) is 19.2. The molecule has 0 radical (unpaired) electrons. The Bertz CT molecular complexity index is 1190. The molecule has 2 aromatic carbocycles. The average Bonchev–Trinajstić information content (AvgIpc) is 3.21. The number of amides is 1. The van der Waals surface area contributed by atoms with Crippen molar-refractivity contribution >= 4 is 17.8 Å². The van der Waals surface area contributed by atoms with Crippen LogP contribution in [0.2, 0.25) is 0 Å². The van der Waals surface area contributed by atoms with E-state index < -0.39 is 11.4 Å². The molecule has 1 amide bonds. The van der Waals surface area contributed by atoms with Gasteiger partial charge < -0.3 is 15.2 Å². The van der Waals surface area contributed by atoms with Gasteiger partial charge in [-0.15, -0.1) is 6.58 Å². The standard InChI is InChI=1S/C21H31FN2O2.C10H12O.C4H8/c1-6-12-21(13-11-15(3)7-2)19(25)23-18(24-21)16-9-8-10-17(14-16)26-20(4,5)22;1-3-5-9-6-4-7-10(11)8(9)2;1-4(2)3/h8-10,14-15H,6-7,11-13H2,1-5H3,(H,23,24,25);3-7,11H,1-2H3;1H2,2-3H3/b;5-3+;. The minimum absolute atomic E-state index is 0.0326. The highest BCUT2D eigenvalue weighted by atomic mass is 19.2.